The number of primary amides is 1. The molecule has 7 rings (SSSR count). The highest BCUT2D eigenvalue weighted by Crippen LogP contribution is 2.30. The molecule has 0 radical (unpaired) electrons. The van der Waals surface area contributed by atoms with Crippen LogP contribution in [0, 0.1) is 0 Å². The first-order valence-corrected chi connectivity index (χ1v) is 29.7. The number of unbranched alkanes of at least 4 members (excludes halogenated alkanes) is 1. The largest absolute Gasteiger partial charge is 0.370 e. The summed E-state index contributed by atoms with van der Waals surface area (Å²) in [4.78, 5) is 150. The van der Waals surface area contributed by atoms with Crippen molar-refractivity contribution in [2.45, 2.75) is 159 Å². The van der Waals surface area contributed by atoms with Gasteiger partial charge in [0.15, 0.2) is 5.96 Å². The zero-order valence-electron chi connectivity index (χ0n) is 50.1. The second-order valence-electron chi connectivity index (χ2n) is 23.0. The van der Waals surface area contributed by atoms with Crippen LogP contribution in [0.3, 0.4) is 0 Å². The van der Waals surface area contributed by atoms with E-state index in [-0.39, 0.29) is 83.4 Å². The summed E-state index contributed by atoms with van der Waals surface area (Å²) >= 11 is 0. The average Bonchev–Trinajstić information content (AvgIpc) is 3.01. The number of benzene rings is 3. The molecule has 472 valence electrons. The van der Waals surface area contributed by atoms with Gasteiger partial charge in [0, 0.05) is 62.9 Å². The van der Waals surface area contributed by atoms with Crippen molar-refractivity contribution >= 4 is 86.7 Å². The Hall–Kier alpha value is -9.47. The SMILES string of the molecule is CCCC[C@H](NC(C)=O)C(=O)N[C@H]1CC(=O)NCCCC[C@@H](C(N)=O)NC(=O)CNC(=O)[C@H](Cc2c[nH]c3ccccc23)NC(=O)[C@H](CCCN=C(N)N)NC(=O)[C@@H](Cc2ccc3ccccc3c2)NC(=O)[C@@H]2C[C@H](n3cc(C(C)(C)N)nn3)CN2C1=O. The van der Waals surface area contributed by atoms with E-state index in [1.54, 1.807) is 38.4 Å². The van der Waals surface area contributed by atoms with Crippen LogP contribution >= 0.6 is 0 Å². The van der Waals surface area contributed by atoms with Gasteiger partial charge < -0.3 is 75.4 Å². The molecule has 2 saturated heterocycles. The number of nitrogens with one attached hydrogen (secondary N) is 9. The normalized spacial score (nSPS) is 22.0. The Balaban J connectivity index is 1.31. The average molecular weight is 1220 g/mol. The molecule has 0 aliphatic carbocycles. The Kier molecular flexibility index (Phi) is 23.1. The highest BCUT2D eigenvalue weighted by molar-refractivity contribution is 5.99. The predicted octanol–water partition coefficient (Wildman–Crippen LogP) is -0.802. The van der Waals surface area contributed by atoms with E-state index >= 15 is 14.4 Å². The van der Waals surface area contributed by atoms with Crippen molar-refractivity contribution in [2.75, 3.05) is 26.2 Å². The molecule has 3 aromatic carbocycles. The third-order valence-corrected chi connectivity index (χ3v) is 15.5. The summed E-state index contributed by atoms with van der Waals surface area (Å²) in [5.41, 5.74) is 24.9. The molecular formula is C60H82N18O10. The van der Waals surface area contributed by atoms with E-state index in [1.165, 1.54) is 16.5 Å². The van der Waals surface area contributed by atoms with Gasteiger partial charge in [-0.1, -0.05) is 85.6 Å². The lowest BCUT2D eigenvalue weighted by atomic mass is 9.99. The number of aromatic nitrogens is 4. The highest BCUT2D eigenvalue weighted by Gasteiger charge is 2.45. The van der Waals surface area contributed by atoms with Crippen molar-refractivity contribution in [1.82, 2.24) is 67.4 Å². The zero-order valence-corrected chi connectivity index (χ0v) is 50.1. The number of hydrogen-bond acceptors (Lipinski definition) is 14. The number of guanidine groups is 1. The minimum absolute atomic E-state index is 0.0124. The third-order valence-electron chi connectivity index (χ3n) is 15.5. The van der Waals surface area contributed by atoms with E-state index < -0.39 is 126 Å². The van der Waals surface area contributed by atoms with E-state index in [0.29, 0.717) is 29.7 Å². The minimum atomic E-state index is -1.63. The van der Waals surface area contributed by atoms with Crippen LogP contribution in [0.15, 0.2) is 84.1 Å². The van der Waals surface area contributed by atoms with Gasteiger partial charge in [0.2, 0.25) is 59.1 Å². The van der Waals surface area contributed by atoms with Crippen LogP contribution in [-0.4, -0.2) is 158 Å². The highest BCUT2D eigenvalue weighted by atomic mass is 16.2. The number of aliphatic imine (C=N–C) groups is 1. The summed E-state index contributed by atoms with van der Waals surface area (Å²) in [6.07, 6.45) is 4.21. The summed E-state index contributed by atoms with van der Waals surface area (Å²) in [5, 5.41) is 32.8. The molecule has 10 amide bonds. The van der Waals surface area contributed by atoms with Gasteiger partial charge in [-0.15, -0.1) is 5.10 Å². The van der Waals surface area contributed by atoms with Crippen LogP contribution in [0.2, 0.25) is 0 Å². The summed E-state index contributed by atoms with van der Waals surface area (Å²) in [5.74, 6) is -7.98. The summed E-state index contributed by atoms with van der Waals surface area (Å²) in [6.45, 7) is 5.78. The molecule has 8 atom stereocenters. The lowest BCUT2D eigenvalue weighted by molar-refractivity contribution is -0.143. The number of carbonyl (C=O) groups excluding carboxylic acids is 10. The fourth-order valence-electron chi connectivity index (χ4n) is 10.7. The Labute approximate surface area is 509 Å². The monoisotopic (exact) mass is 1210 g/mol. The van der Waals surface area contributed by atoms with E-state index in [4.69, 9.17) is 22.9 Å². The smallest absolute Gasteiger partial charge is 0.246 e. The molecular weight excluding hydrogens is 1130 g/mol. The van der Waals surface area contributed by atoms with Crippen molar-refractivity contribution in [3.63, 3.8) is 0 Å². The number of rotatable bonds is 17. The fourth-order valence-corrected chi connectivity index (χ4v) is 10.7. The van der Waals surface area contributed by atoms with Gasteiger partial charge in [0.1, 0.15) is 48.0 Å². The Bertz CT molecular complexity index is 3370. The third kappa shape index (κ3) is 18.5. The molecule has 2 aliphatic heterocycles. The first-order chi connectivity index (χ1) is 42.0. The number of fused-ring (bicyclic) bond motifs is 3. The van der Waals surface area contributed by atoms with Crippen LogP contribution < -0.4 is 65.5 Å². The number of hydrogen-bond donors (Lipinski definition) is 13. The van der Waals surface area contributed by atoms with Gasteiger partial charge in [-0.3, -0.25) is 52.9 Å². The molecule has 28 nitrogen and oxygen atoms in total. The fraction of sp³-hybridized carbons (Fsp3) is 0.483. The lowest BCUT2D eigenvalue weighted by Gasteiger charge is -2.31. The molecule has 88 heavy (non-hydrogen) atoms. The van der Waals surface area contributed by atoms with Crippen LogP contribution in [-0.2, 0) is 66.3 Å². The molecule has 5 aromatic rings. The molecule has 0 saturated carbocycles. The summed E-state index contributed by atoms with van der Waals surface area (Å²) in [7, 11) is 0. The van der Waals surface area contributed by atoms with E-state index in [9.17, 15) is 33.6 Å². The topological polar surface area (TPSA) is 433 Å². The number of nitrogens with zero attached hydrogens (tertiary/aromatic N) is 5. The number of para-hydroxylation sites is 1. The maximum absolute atomic E-state index is 15.4. The van der Waals surface area contributed by atoms with E-state index in [0.717, 1.165) is 21.7 Å². The molecule has 0 spiro atoms. The van der Waals surface area contributed by atoms with Gasteiger partial charge in [-0.05, 0) is 80.3 Å². The number of aromatic amines is 1. The van der Waals surface area contributed by atoms with Gasteiger partial charge in [0.25, 0.3) is 0 Å². The Morgan fingerprint density at radius 2 is 1.51 bits per heavy atom. The molecule has 2 aromatic heterocycles. The molecule has 17 N–H and O–H groups in total. The first kappa shape index (κ1) is 66.1. The Morgan fingerprint density at radius 1 is 0.807 bits per heavy atom. The van der Waals surface area contributed by atoms with E-state index in [2.05, 4.69) is 62.8 Å². The maximum atomic E-state index is 15.4. The van der Waals surface area contributed by atoms with Gasteiger partial charge in [-0.2, -0.15) is 0 Å². The molecule has 28 heteroatoms. The van der Waals surface area contributed by atoms with E-state index in [1.807, 2.05) is 61.5 Å². The molecule has 0 unspecified atom stereocenters. The summed E-state index contributed by atoms with van der Waals surface area (Å²) < 4.78 is 1.47. The number of H-pyrrole nitrogens is 1. The quantitative estimate of drug-likeness (QED) is 0.0308. The van der Waals surface area contributed by atoms with Crippen LogP contribution in [0.5, 0.6) is 0 Å². The second kappa shape index (κ2) is 30.7. The van der Waals surface area contributed by atoms with Crippen molar-refractivity contribution in [1.29, 1.82) is 0 Å². The maximum Gasteiger partial charge on any atom is 0.246 e. The number of amides is 10. The van der Waals surface area contributed by atoms with Gasteiger partial charge >= 0.3 is 0 Å². The first-order valence-electron chi connectivity index (χ1n) is 29.7. The Morgan fingerprint density at radius 3 is 2.23 bits per heavy atom. The second-order valence-corrected chi connectivity index (χ2v) is 23.0. The molecule has 4 heterocycles. The van der Waals surface area contributed by atoms with Gasteiger partial charge in [0.05, 0.1) is 30.7 Å². The minimum Gasteiger partial charge on any atom is -0.370 e. The van der Waals surface area contributed by atoms with Crippen molar-refractivity contribution in [3.8, 4) is 0 Å². The number of carbonyl (C=O) groups is 10. The van der Waals surface area contributed by atoms with Crippen molar-refractivity contribution < 1.29 is 47.9 Å². The molecule has 2 fully saturated rings. The predicted molar refractivity (Wildman–Crippen MR) is 326 cm³/mol. The molecule has 0 bridgehead atoms. The standard InChI is InChI=1S/C60H82N18O10/c1-5-6-17-43(69-34(2)79)54(84)74-47-29-50(80)65-23-12-11-19-42(52(61)82)70-51(81)31-68-53(83)46(27-38-30-67-41-18-10-9-16-40(38)41)72-55(85)44(20-13-24-66-59(62)63)71-56(86)45(26-35-21-22-36-14-7-8-15-37(36)25-35)73-57(87)48-28-39(32-77(48)58(47)88)78-33-49(75-76-78)60(3,4)64/h7-10,14-16,18,21-22,25,30,33,39,42-48,67H,5-6,11-13,17,19-20,23-24,26-29,31-32,64H2,1-4H3,(H2,61,82)(H,65,80)(H,68,83)(H,69,79)(H,70,81)(H,71,86)(H,72,85)(H,73,87)(H,74,84)(H4,62,63,66)/t39-,42-,43-,44-,45+,46-,47-,48-/m0/s1. The number of nitrogens with two attached hydrogens (primary N) is 4. The lowest BCUT2D eigenvalue weighted by Crippen LogP contribution is -2.60. The molecule has 2 aliphatic rings. The van der Waals surface area contributed by atoms with Crippen LogP contribution in [0.1, 0.15) is 115 Å². The van der Waals surface area contributed by atoms with Crippen LogP contribution in [0.4, 0.5) is 0 Å². The van der Waals surface area contributed by atoms with Crippen molar-refractivity contribution in [3.05, 3.63) is 95.9 Å². The summed E-state index contributed by atoms with van der Waals surface area (Å²) in [6, 6.07) is 9.93. The van der Waals surface area contributed by atoms with Gasteiger partial charge in [-0.25, -0.2) is 4.68 Å². The van der Waals surface area contributed by atoms with Crippen LogP contribution in [0.25, 0.3) is 21.7 Å². The zero-order chi connectivity index (χ0) is 63.7. The van der Waals surface area contributed by atoms with Crippen molar-refractivity contribution in [2.24, 2.45) is 27.9 Å².